The number of amides is 1. The van der Waals surface area contributed by atoms with Gasteiger partial charge in [0.1, 0.15) is 11.5 Å². The third kappa shape index (κ3) is 3.15. The minimum Gasteiger partial charge on any atom is -0.388 e. The highest BCUT2D eigenvalue weighted by Gasteiger charge is 2.30. The largest absolute Gasteiger partial charge is 0.388 e. The van der Waals surface area contributed by atoms with E-state index in [9.17, 15) is 9.90 Å². The second kappa shape index (κ2) is 5.48. The average Bonchev–Trinajstić information content (AvgIpc) is 3.30. The zero-order chi connectivity index (χ0) is 14.0. The summed E-state index contributed by atoms with van der Waals surface area (Å²) in [7, 11) is 0. The SMILES string of the molecule is O=C(NCC1(O)CCCCC1)c1ccnc(C2CC2)n1. The van der Waals surface area contributed by atoms with Gasteiger partial charge < -0.3 is 10.4 Å². The predicted molar refractivity (Wildman–Crippen MR) is 74.4 cm³/mol. The second-order valence-corrected chi connectivity index (χ2v) is 6.04. The molecule has 0 radical (unpaired) electrons. The molecule has 2 aliphatic rings. The van der Waals surface area contributed by atoms with Crippen LogP contribution in [-0.2, 0) is 0 Å². The van der Waals surface area contributed by atoms with Crippen molar-refractivity contribution < 1.29 is 9.90 Å². The summed E-state index contributed by atoms with van der Waals surface area (Å²) in [5, 5.41) is 13.2. The van der Waals surface area contributed by atoms with Gasteiger partial charge in [-0.15, -0.1) is 0 Å². The van der Waals surface area contributed by atoms with E-state index in [2.05, 4.69) is 15.3 Å². The standard InChI is InChI=1S/C15H21N3O2/c19-14(17-10-15(20)7-2-1-3-8-15)12-6-9-16-13(18-12)11-4-5-11/h6,9,11,20H,1-5,7-8,10H2,(H,17,19). The first-order chi connectivity index (χ1) is 9.66. The summed E-state index contributed by atoms with van der Waals surface area (Å²) in [5.74, 6) is 0.993. The summed E-state index contributed by atoms with van der Waals surface area (Å²) < 4.78 is 0. The molecule has 0 bridgehead atoms. The zero-order valence-electron chi connectivity index (χ0n) is 11.6. The molecule has 5 heteroatoms. The lowest BCUT2D eigenvalue weighted by Crippen LogP contribution is -2.44. The van der Waals surface area contributed by atoms with Gasteiger partial charge in [-0.1, -0.05) is 19.3 Å². The number of carbonyl (C=O) groups is 1. The minimum atomic E-state index is -0.736. The van der Waals surface area contributed by atoms with Gasteiger partial charge in [0, 0.05) is 18.7 Å². The summed E-state index contributed by atoms with van der Waals surface area (Å²) in [6, 6.07) is 1.63. The van der Waals surface area contributed by atoms with E-state index >= 15 is 0 Å². The molecule has 0 aliphatic heterocycles. The lowest BCUT2D eigenvalue weighted by atomic mass is 9.85. The number of carbonyl (C=O) groups excluding carboxylic acids is 1. The van der Waals surface area contributed by atoms with E-state index < -0.39 is 5.60 Å². The van der Waals surface area contributed by atoms with Crippen molar-refractivity contribution in [1.29, 1.82) is 0 Å². The van der Waals surface area contributed by atoms with Crippen LogP contribution >= 0.6 is 0 Å². The maximum atomic E-state index is 12.1. The number of nitrogens with one attached hydrogen (secondary N) is 1. The van der Waals surface area contributed by atoms with Crippen LogP contribution in [0.5, 0.6) is 0 Å². The Balaban J connectivity index is 1.59. The van der Waals surface area contributed by atoms with Gasteiger partial charge in [0.05, 0.1) is 5.60 Å². The molecule has 0 aromatic carbocycles. The number of aromatic nitrogens is 2. The van der Waals surface area contributed by atoms with Gasteiger partial charge in [-0.2, -0.15) is 0 Å². The van der Waals surface area contributed by atoms with E-state index in [0.29, 0.717) is 18.2 Å². The molecular formula is C15H21N3O2. The van der Waals surface area contributed by atoms with Crippen LogP contribution in [0.4, 0.5) is 0 Å². The molecule has 1 heterocycles. The van der Waals surface area contributed by atoms with E-state index in [0.717, 1.165) is 44.3 Å². The van der Waals surface area contributed by atoms with Gasteiger partial charge in [-0.3, -0.25) is 4.79 Å². The molecule has 2 N–H and O–H groups in total. The van der Waals surface area contributed by atoms with Crippen molar-refractivity contribution in [3.63, 3.8) is 0 Å². The van der Waals surface area contributed by atoms with Crippen LogP contribution in [0, 0.1) is 0 Å². The molecule has 1 aromatic heterocycles. The molecule has 0 atom stereocenters. The van der Waals surface area contributed by atoms with Crippen LogP contribution in [0.2, 0.25) is 0 Å². The fourth-order valence-electron chi connectivity index (χ4n) is 2.76. The van der Waals surface area contributed by atoms with Crippen molar-refractivity contribution in [2.75, 3.05) is 6.54 Å². The molecule has 2 fully saturated rings. The van der Waals surface area contributed by atoms with Crippen molar-refractivity contribution in [2.24, 2.45) is 0 Å². The highest BCUT2D eigenvalue weighted by Crippen LogP contribution is 2.37. The molecule has 0 unspecified atom stereocenters. The molecule has 20 heavy (non-hydrogen) atoms. The third-order valence-corrected chi connectivity index (χ3v) is 4.21. The van der Waals surface area contributed by atoms with Gasteiger partial charge in [-0.25, -0.2) is 9.97 Å². The number of rotatable bonds is 4. The van der Waals surface area contributed by atoms with Gasteiger partial charge >= 0.3 is 0 Å². The fraction of sp³-hybridized carbons (Fsp3) is 0.667. The molecule has 0 spiro atoms. The predicted octanol–water partition coefficient (Wildman–Crippen LogP) is 1.78. The Kier molecular flexibility index (Phi) is 3.70. The number of nitrogens with zero attached hydrogens (tertiary/aromatic N) is 2. The lowest BCUT2D eigenvalue weighted by Gasteiger charge is -2.32. The van der Waals surface area contributed by atoms with Crippen molar-refractivity contribution >= 4 is 5.91 Å². The minimum absolute atomic E-state index is 0.215. The van der Waals surface area contributed by atoms with Gasteiger partial charge in [0.15, 0.2) is 0 Å². The average molecular weight is 275 g/mol. The zero-order valence-corrected chi connectivity index (χ0v) is 11.6. The fourth-order valence-corrected chi connectivity index (χ4v) is 2.76. The summed E-state index contributed by atoms with van der Waals surface area (Å²) in [4.78, 5) is 20.6. The van der Waals surface area contributed by atoms with E-state index in [1.807, 2.05) is 0 Å². The first kappa shape index (κ1) is 13.5. The maximum absolute atomic E-state index is 12.1. The molecule has 2 aliphatic carbocycles. The van der Waals surface area contributed by atoms with Crippen molar-refractivity contribution in [2.45, 2.75) is 56.5 Å². The second-order valence-electron chi connectivity index (χ2n) is 6.04. The normalized spacial score (nSPS) is 21.4. The molecule has 3 rings (SSSR count). The molecule has 1 aromatic rings. The monoisotopic (exact) mass is 275 g/mol. The Morgan fingerprint density at radius 3 is 2.80 bits per heavy atom. The molecular weight excluding hydrogens is 254 g/mol. The smallest absolute Gasteiger partial charge is 0.270 e. The highest BCUT2D eigenvalue weighted by molar-refractivity contribution is 5.92. The Morgan fingerprint density at radius 2 is 2.10 bits per heavy atom. The molecule has 1 amide bonds. The summed E-state index contributed by atoms with van der Waals surface area (Å²) in [6.45, 7) is 0.314. The first-order valence-corrected chi connectivity index (χ1v) is 7.50. The van der Waals surface area contributed by atoms with Crippen molar-refractivity contribution in [1.82, 2.24) is 15.3 Å². The summed E-state index contributed by atoms with van der Waals surface area (Å²) in [6.07, 6.45) is 8.65. The van der Waals surface area contributed by atoms with Crippen LogP contribution in [0.15, 0.2) is 12.3 Å². The number of hydrogen-bond acceptors (Lipinski definition) is 4. The third-order valence-electron chi connectivity index (χ3n) is 4.21. The number of hydrogen-bond donors (Lipinski definition) is 2. The Bertz CT molecular complexity index is 494. The maximum Gasteiger partial charge on any atom is 0.270 e. The van der Waals surface area contributed by atoms with Gasteiger partial charge in [0.2, 0.25) is 0 Å². The summed E-state index contributed by atoms with van der Waals surface area (Å²) >= 11 is 0. The van der Waals surface area contributed by atoms with Crippen LogP contribution in [-0.4, -0.2) is 33.1 Å². The lowest BCUT2D eigenvalue weighted by molar-refractivity contribution is 0.00521. The van der Waals surface area contributed by atoms with Gasteiger partial charge in [0.25, 0.3) is 5.91 Å². The van der Waals surface area contributed by atoms with Crippen molar-refractivity contribution in [3.05, 3.63) is 23.8 Å². The molecule has 108 valence electrons. The van der Waals surface area contributed by atoms with Crippen LogP contribution in [0.25, 0.3) is 0 Å². The molecule has 0 saturated heterocycles. The van der Waals surface area contributed by atoms with Gasteiger partial charge in [-0.05, 0) is 31.7 Å². The molecule has 5 nitrogen and oxygen atoms in total. The Labute approximate surface area is 118 Å². The van der Waals surface area contributed by atoms with Crippen molar-refractivity contribution in [3.8, 4) is 0 Å². The highest BCUT2D eigenvalue weighted by atomic mass is 16.3. The van der Waals surface area contributed by atoms with E-state index in [1.165, 1.54) is 6.42 Å². The first-order valence-electron chi connectivity index (χ1n) is 7.50. The molecule has 2 saturated carbocycles. The van der Waals surface area contributed by atoms with E-state index in [4.69, 9.17) is 0 Å². The van der Waals surface area contributed by atoms with Crippen LogP contribution in [0.3, 0.4) is 0 Å². The van der Waals surface area contributed by atoms with Crippen LogP contribution < -0.4 is 5.32 Å². The van der Waals surface area contributed by atoms with E-state index in [-0.39, 0.29) is 5.91 Å². The van der Waals surface area contributed by atoms with E-state index in [1.54, 1.807) is 12.3 Å². The topological polar surface area (TPSA) is 75.1 Å². The quantitative estimate of drug-likeness (QED) is 0.878. The number of aliphatic hydroxyl groups is 1. The Hall–Kier alpha value is -1.49. The Morgan fingerprint density at radius 1 is 1.35 bits per heavy atom. The summed E-state index contributed by atoms with van der Waals surface area (Å²) in [5.41, 5.74) is -0.332. The van der Waals surface area contributed by atoms with Crippen LogP contribution in [0.1, 0.15) is 67.2 Å².